The number of halogens is 1. The Morgan fingerprint density at radius 2 is 2.10 bits per heavy atom. The van der Waals surface area contributed by atoms with Gasteiger partial charge in [-0.3, -0.25) is 9.69 Å². The Morgan fingerprint density at radius 3 is 2.62 bits per heavy atom. The SMILES string of the molecule is CCN(CC(=O)Nc1ccc(F)cc1N)C(C)CN(C)C. The third-order valence-corrected chi connectivity index (χ3v) is 3.29. The Kier molecular flexibility index (Phi) is 6.58. The number of anilines is 2. The molecule has 118 valence electrons. The van der Waals surface area contributed by atoms with E-state index in [1.807, 2.05) is 21.0 Å². The number of likely N-dealkylation sites (N-methyl/N-ethyl adjacent to an activating group) is 2. The van der Waals surface area contributed by atoms with Gasteiger partial charge in [0.05, 0.1) is 17.9 Å². The van der Waals surface area contributed by atoms with Crippen LogP contribution in [0.15, 0.2) is 18.2 Å². The second kappa shape index (κ2) is 7.95. The quantitative estimate of drug-likeness (QED) is 0.751. The van der Waals surface area contributed by atoms with E-state index in [1.165, 1.54) is 18.2 Å². The molecule has 0 spiro atoms. The van der Waals surface area contributed by atoms with Crippen LogP contribution in [0.5, 0.6) is 0 Å². The van der Waals surface area contributed by atoms with Gasteiger partial charge in [0.2, 0.25) is 5.91 Å². The first-order chi connectivity index (χ1) is 9.83. The van der Waals surface area contributed by atoms with Gasteiger partial charge in [-0.15, -0.1) is 0 Å². The summed E-state index contributed by atoms with van der Waals surface area (Å²) < 4.78 is 13.0. The maximum atomic E-state index is 13.0. The van der Waals surface area contributed by atoms with Crippen LogP contribution in [0.4, 0.5) is 15.8 Å². The molecule has 3 N–H and O–H groups in total. The van der Waals surface area contributed by atoms with Crippen molar-refractivity contribution in [2.24, 2.45) is 0 Å². The van der Waals surface area contributed by atoms with E-state index in [0.29, 0.717) is 5.69 Å². The van der Waals surface area contributed by atoms with Gasteiger partial charge in [0.15, 0.2) is 0 Å². The summed E-state index contributed by atoms with van der Waals surface area (Å²) in [5.74, 6) is -0.568. The summed E-state index contributed by atoms with van der Waals surface area (Å²) in [7, 11) is 4.01. The number of carbonyl (C=O) groups excluding carboxylic acids is 1. The smallest absolute Gasteiger partial charge is 0.238 e. The molecule has 1 unspecified atom stereocenters. The zero-order chi connectivity index (χ0) is 16.0. The molecule has 1 aromatic carbocycles. The summed E-state index contributed by atoms with van der Waals surface area (Å²) in [4.78, 5) is 16.3. The molecule has 0 aliphatic heterocycles. The zero-order valence-corrected chi connectivity index (χ0v) is 13.2. The standard InChI is InChI=1S/C15H25FN4O/c1-5-20(11(2)9-19(3)4)10-15(21)18-14-7-6-12(16)8-13(14)17/h6-8,11H,5,9-10,17H2,1-4H3,(H,18,21). The first-order valence-corrected chi connectivity index (χ1v) is 7.07. The number of carbonyl (C=O) groups is 1. The molecule has 0 saturated carbocycles. The van der Waals surface area contributed by atoms with Crippen LogP contribution in [0.2, 0.25) is 0 Å². The van der Waals surface area contributed by atoms with Gasteiger partial charge in [-0.1, -0.05) is 6.92 Å². The molecule has 0 aliphatic rings. The van der Waals surface area contributed by atoms with Crippen LogP contribution >= 0.6 is 0 Å². The average molecular weight is 296 g/mol. The van der Waals surface area contributed by atoms with Crippen LogP contribution in [0.25, 0.3) is 0 Å². The highest BCUT2D eigenvalue weighted by Crippen LogP contribution is 2.19. The lowest BCUT2D eigenvalue weighted by Crippen LogP contribution is -2.43. The van der Waals surface area contributed by atoms with Gasteiger partial charge in [0, 0.05) is 12.6 Å². The Morgan fingerprint density at radius 1 is 1.43 bits per heavy atom. The molecular formula is C15H25FN4O. The van der Waals surface area contributed by atoms with E-state index in [0.717, 1.165) is 13.1 Å². The highest BCUT2D eigenvalue weighted by molar-refractivity contribution is 5.95. The predicted molar refractivity (Wildman–Crippen MR) is 84.7 cm³/mol. The summed E-state index contributed by atoms with van der Waals surface area (Å²) >= 11 is 0. The number of nitrogens with one attached hydrogen (secondary N) is 1. The molecule has 6 heteroatoms. The van der Waals surface area contributed by atoms with Gasteiger partial charge in [-0.2, -0.15) is 0 Å². The largest absolute Gasteiger partial charge is 0.397 e. The minimum absolute atomic E-state index is 0.152. The summed E-state index contributed by atoms with van der Waals surface area (Å²) in [6.45, 7) is 6.04. The number of amides is 1. The zero-order valence-electron chi connectivity index (χ0n) is 13.2. The summed E-state index contributed by atoms with van der Waals surface area (Å²) in [5.41, 5.74) is 6.36. The van der Waals surface area contributed by atoms with Crippen molar-refractivity contribution in [1.82, 2.24) is 9.80 Å². The van der Waals surface area contributed by atoms with Gasteiger partial charge in [0.1, 0.15) is 5.82 Å². The number of nitrogens with zero attached hydrogens (tertiary/aromatic N) is 2. The molecule has 0 radical (unpaired) electrons. The van der Waals surface area contributed by atoms with Gasteiger partial charge >= 0.3 is 0 Å². The molecule has 0 saturated heterocycles. The van der Waals surface area contributed by atoms with Crippen molar-refractivity contribution in [3.8, 4) is 0 Å². The van der Waals surface area contributed by atoms with Crippen molar-refractivity contribution in [3.63, 3.8) is 0 Å². The van der Waals surface area contributed by atoms with E-state index >= 15 is 0 Å². The van der Waals surface area contributed by atoms with Crippen LogP contribution in [0, 0.1) is 5.82 Å². The fraction of sp³-hybridized carbons (Fsp3) is 0.533. The van der Waals surface area contributed by atoms with Crippen molar-refractivity contribution in [2.45, 2.75) is 19.9 Å². The Balaban J connectivity index is 2.62. The number of nitrogens with two attached hydrogens (primary N) is 1. The van der Waals surface area contributed by atoms with Crippen molar-refractivity contribution in [1.29, 1.82) is 0 Å². The maximum absolute atomic E-state index is 13.0. The van der Waals surface area contributed by atoms with E-state index in [-0.39, 0.29) is 24.2 Å². The Labute approximate surface area is 125 Å². The van der Waals surface area contributed by atoms with Crippen LogP contribution in [-0.4, -0.2) is 55.5 Å². The first-order valence-electron chi connectivity index (χ1n) is 7.07. The number of hydrogen-bond acceptors (Lipinski definition) is 4. The van der Waals surface area contributed by atoms with Gasteiger partial charge in [-0.25, -0.2) is 4.39 Å². The Hall–Kier alpha value is -1.66. The lowest BCUT2D eigenvalue weighted by atomic mass is 10.2. The molecule has 21 heavy (non-hydrogen) atoms. The van der Waals surface area contributed by atoms with E-state index < -0.39 is 5.82 Å². The molecule has 1 amide bonds. The number of rotatable bonds is 7. The van der Waals surface area contributed by atoms with E-state index in [4.69, 9.17) is 5.73 Å². The minimum Gasteiger partial charge on any atom is -0.397 e. The van der Waals surface area contributed by atoms with Gasteiger partial charge < -0.3 is 16.0 Å². The molecular weight excluding hydrogens is 271 g/mol. The molecule has 1 aromatic rings. The van der Waals surface area contributed by atoms with Crippen LogP contribution in [0.3, 0.4) is 0 Å². The van der Waals surface area contributed by atoms with E-state index in [2.05, 4.69) is 22.0 Å². The monoisotopic (exact) mass is 296 g/mol. The van der Waals surface area contributed by atoms with Crippen LogP contribution in [0.1, 0.15) is 13.8 Å². The number of nitrogen functional groups attached to an aromatic ring is 1. The van der Waals surface area contributed by atoms with E-state index in [9.17, 15) is 9.18 Å². The minimum atomic E-state index is -0.416. The third kappa shape index (κ3) is 5.69. The van der Waals surface area contributed by atoms with Crippen molar-refractivity contribution < 1.29 is 9.18 Å². The number of benzene rings is 1. The molecule has 1 rings (SSSR count). The van der Waals surface area contributed by atoms with Gasteiger partial charge in [0.25, 0.3) is 0 Å². The summed E-state index contributed by atoms with van der Waals surface area (Å²) in [5, 5.41) is 2.72. The van der Waals surface area contributed by atoms with Crippen molar-refractivity contribution in [3.05, 3.63) is 24.0 Å². The summed E-state index contributed by atoms with van der Waals surface area (Å²) in [6, 6.07) is 4.21. The number of hydrogen-bond donors (Lipinski definition) is 2. The van der Waals surface area contributed by atoms with Crippen molar-refractivity contribution in [2.75, 3.05) is 44.8 Å². The molecule has 0 bridgehead atoms. The second-order valence-electron chi connectivity index (χ2n) is 5.45. The third-order valence-electron chi connectivity index (χ3n) is 3.29. The second-order valence-corrected chi connectivity index (χ2v) is 5.45. The topological polar surface area (TPSA) is 61.6 Å². The van der Waals surface area contributed by atoms with E-state index in [1.54, 1.807) is 0 Å². The highest BCUT2D eigenvalue weighted by atomic mass is 19.1. The lowest BCUT2D eigenvalue weighted by molar-refractivity contribution is -0.117. The van der Waals surface area contributed by atoms with Crippen LogP contribution < -0.4 is 11.1 Å². The molecule has 0 aliphatic carbocycles. The predicted octanol–water partition coefficient (Wildman–Crippen LogP) is 1.62. The highest BCUT2D eigenvalue weighted by Gasteiger charge is 2.16. The van der Waals surface area contributed by atoms with Crippen molar-refractivity contribution >= 4 is 17.3 Å². The molecule has 1 atom stereocenters. The first kappa shape index (κ1) is 17.4. The molecule has 5 nitrogen and oxygen atoms in total. The normalized spacial score (nSPS) is 12.7. The molecule has 0 fully saturated rings. The fourth-order valence-electron chi connectivity index (χ4n) is 2.24. The fourth-order valence-corrected chi connectivity index (χ4v) is 2.24. The van der Waals surface area contributed by atoms with Crippen LogP contribution in [-0.2, 0) is 4.79 Å². The molecule has 0 heterocycles. The van der Waals surface area contributed by atoms with Gasteiger partial charge in [-0.05, 0) is 45.8 Å². The summed E-state index contributed by atoms with van der Waals surface area (Å²) in [6.07, 6.45) is 0. The lowest BCUT2D eigenvalue weighted by Gasteiger charge is -2.29. The average Bonchev–Trinajstić information content (AvgIpc) is 2.38. The molecule has 0 aromatic heterocycles. The Bertz CT molecular complexity index is 479. The maximum Gasteiger partial charge on any atom is 0.238 e.